The highest BCUT2D eigenvalue weighted by atomic mass is 32.2. The molecule has 2 fully saturated rings. The molecule has 9 heteroatoms. The molecule has 0 saturated carbocycles. The summed E-state index contributed by atoms with van der Waals surface area (Å²) in [4.78, 5) is 41.2. The Morgan fingerprint density at radius 2 is 1.93 bits per heavy atom. The summed E-state index contributed by atoms with van der Waals surface area (Å²) in [5.41, 5.74) is -0.495. The van der Waals surface area contributed by atoms with Gasteiger partial charge in [-0.3, -0.25) is 14.5 Å². The zero-order valence-corrected chi connectivity index (χ0v) is 17.6. The zero-order chi connectivity index (χ0) is 21.2. The number of amides is 4. The Bertz CT molecular complexity index is 902. The monoisotopic (exact) mass is 421 g/mol. The summed E-state index contributed by atoms with van der Waals surface area (Å²) < 4.78 is 23.6. The Labute approximate surface area is 171 Å². The topological polar surface area (TPSA) is 104 Å². The van der Waals surface area contributed by atoms with Crippen LogP contribution in [0.15, 0.2) is 30.3 Å². The second kappa shape index (κ2) is 8.14. The molecule has 4 amide bonds. The maximum absolute atomic E-state index is 13.3. The van der Waals surface area contributed by atoms with Gasteiger partial charge in [-0.05, 0) is 25.3 Å². The van der Waals surface area contributed by atoms with Crippen molar-refractivity contribution in [3.8, 4) is 0 Å². The van der Waals surface area contributed by atoms with Crippen molar-refractivity contribution in [1.29, 1.82) is 0 Å². The maximum Gasteiger partial charge on any atom is 0.325 e. The molecule has 0 aliphatic carbocycles. The Morgan fingerprint density at radius 3 is 2.48 bits per heavy atom. The summed E-state index contributed by atoms with van der Waals surface area (Å²) in [6.45, 7) is 3.62. The first-order valence-electron chi connectivity index (χ1n) is 9.93. The van der Waals surface area contributed by atoms with Gasteiger partial charge < -0.3 is 10.2 Å². The van der Waals surface area contributed by atoms with Crippen molar-refractivity contribution in [3.63, 3.8) is 0 Å². The number of nitrogens with zero attached hydrogens (tertiary/aromatic N) is 2. The van der Waals surface area contributed by atoms with Crippen LogP contribution < -0.4 is 5.32 Å². The zero-order valence-electron chi connectivity index (χ0n) is 16.8. The summed E-state index contributed by atoms with van der Waals surface area (Å²) >= 11 is 0. The van der Waals surface area contributed by atoms with E-state index in [4.69, 9.17) is 0 Å². The number of rotatable bonds is 7. The summed E-state index contributed by atoms with van der Waals surface area (Å²) in [5.74, 6) is -0.883. The van der Waals surface area contributed by atoms with Crippen molar-refractivity contribution in [2.45, 2.75) is 44.7 Å². The lowest BCUT2D eigenvalue weighted by Crippen LogP contribution is -2.48. The van der Waals surface area contributed by atoms with Gasteiger partial charge >= 0.3 is 6.03 Å². The molecule has 2 unspecified atom stereocenters. The number of urea groups is 1. The van der Waals surface area contributed by atoms with Gasteiger partial charge in [-0.1, -0.05) is 43.7 Å². The number of benzene rings is 1. The predicted octanol–water partition coefficient (Wildman–Crippen LogP) is 1.27. The van der Waals surface area contributed by atoms with Crippen LogP contribution >= 0.6 is 0 Å². The number of carbonyl (C=O) groups is 3. The molecule has 2 aliphatic rings. The molecular weight excluding hydrogens is 394 g/mol. The lowest BCUT2D eigenvalue weighted by molar-refractivity contribution is -0.140. The van der Waals surface area contributed by atoms with Crippen LogP contribution in [0, 0.1) is 0 Å². The second-order valence-electron chi connectivity index (χ2n) is 7.58. The lowest BCUT2D eigenvalue weighted by atomic mass is 9.85. The van der Waals surface area contributed by atoms with E-state index in [1.165, 1.54) is 4.90 Å². The number of sulfone groups is 1. The van der Waals surface area contributed by atoms with Crippen molar-refractivity contribution >= 4 is 27.7 Å². The van der Waals surface area contributed by atoms with Crippen LogP contribution in [0.3, 0.4) is 0 Å². The fourth-order valence-corrected chi connectivity index (χ4v) is 5.99. The minimum absolute atomic E-state index is 0.0538. The average molecular weight is 422 g/mol. The van der Waals surface area contributed by atoms with Crippen LogP contribution in [-0.4, -0.2) is 66.7 Å². The average Bonchev–Trinajstić information content (AvgIpc) is 3.16. The van der Waals surface area contributed by atoms with E-state index in [1.807, 2.05) is 13.0 Å². The lowest BCUT2D eigenvalue weighted by Gasteiger charge is -2.29. The van der Waals surface area contributed by atoms with E-state index in [-0.39, 0.29) is 11.5 Å². The van der Waals surface area contributed by atoms with E-state index >= 15 is 0 Å². The molecule has 3 rings (SSSR count). The van der Waals surface area contributed by atoms with Gasteiger partial charge in [0.15, 0.2) is 9.84 Å². The third-order valence-corrected chi connectivity index (χ3v) is 7.42. The molecular formula is C20H27N3O5S. The van der Waals surface area contributed by atoms with Gasteiger partial charge in [0.05, 0.1) is 11.5 Å². The summed E-state index contributed by atoms with van der Waals surface area (Å²) in [5, 5.41) is 2.80. The molecule has 158 valence electrons. The van der Waals surface area contributed by atoms with Gasteiger partial charge in [0.2, 0.25) is 5.91 Å². The molecule has 1 aromatic rings. The fourth-order valence-electron chi connectivity index (χ4n) is 4.26. The van der Waals surface area contributed by atoms with Crippen LogP contribution in [0.25, 0.3) is 0 Å². The molecule has 1 aromatic carbocycles. The van der Waals surface area contributed by atoms with Crippen molar-refractivity contribution in [3.05, 3.63) is 35.9 Å². The van der Waals surface area contributed by atoms with Crippen molar-refractivity contribution in [2.24, 2.45) is 0 Å². The Morgan fingerprint density at radius 1 is 1.24 bits per heavy atom. The van der Waals surface area contributed by atoms with Crippen LogP contribution in [0.5, 0.6) is 0 Å². The van der Waals surface area contributed by atoms with Crippen molar-refractivity contribution in [2.75, 3.05) is 24.6 Å². The van der Waals surface area contributed by atoms with Gasteiger partial charge in [-0.25, -0.2) is 13.2 Å². The van der Waals surface area contributed by atoms with Crippen LogP contribution in [-0.2, 0) is 25.0 Å². The van der Waals surface area contributed by atoms with Gasteiger partial charge in [-0.2, -0.15) is 0 Å². The maximum atomic E-state index is 13.3. The van der Waals surface area contributed by atoms with Gasteiger partial charge in [0.1, 0.15) is 12.1 Å². The van der Waals surface area contributed by atoms with E-state index in [2.05, 4.69) is 5.32 Å². The van der Waals surface area contributed by atoms with Crippen LogP contribution in [0.4, 0.5) is 4.79 Å². The highest BCUT2D eigenvalue weighted by molar-refractivity contribution is 7.91. The Kier molecular flexibility index (Phi) is 5.97. The highest BCUT2D eigenvalue weighted by Crippen LogP contribution is 2.33. The van der Waals surface area contributed by atoms with E-state index in [0.29, 0.717) is 31.4 Å². The van der Waals surface area contributed by atoms with E-state index < -0.39 is 45.8 Å². The number of hydrogen-bond donors (Lipinski definition) is 1. The SMILES string of the molecule is CCCC1(c2ccccc2)NC(=O)N(CC(=O)N(CC)C2CCS(=O)(=O)C2)C1=O. The molecule has 2 saturated heterocycles. The molecule has 0 aromatic heterocycles. The van der Waals surface area contributed by atoms with Crippen molar-refractivity contribution < 1.29 is 22.8 Å². The first-order valence-corrected chi connectivity index (χ1v) is 11.8. The number of carbonyl (C=O) groups excluding carboxylic acids is 3. The molecule has 29 heavy (non-hydrogen) atoms. The van der Waals surface area contributed by atoms with Gasteiger partial charge in [-0.15, -0.1) is 0 Å². The van der Waals surface area contributed by atoms with Crippen LogP contribution in [0.1, 0.15) is 38.7 Å². The predicted molar refractivity (Wildman–Crippen MR) is 108 cm³/mol. The number of likely N-dealkylation sites (N-methyl/N-ethyl adjacent to an activating group) is 1. The molecule has 2 atom stereocenters. The second-order valence-corrected chi connectivity index (χ2v) is 9.81. The first kappa shape index (κ1) is 21.3. The minimum Gasteiger partial charge on any atom is -0.337 e. The summed E-state index contributed by atoms with van der Waals surface area (Å²) in [7, 11) is -3.15. The molecule has 2 aliphatic heterocycles. The van der Waals surface area contributed by atoms with E-state index in [0.717, 1.165) is 4.90 Å². The number of nitrogens with one attached hydrogen (secondary N) is 1. The molecule has 2 heterocycles. The number of hydrogen-bond acceptors (Lipinski definition) is 5. The largest absolute Gasteiger partial charge is 0.337 e. The Balaban J connectivity index is 1.81. The third kappa shape index (κ3) is 4.01. The van der Waals surface area contributed by atoms with Gasteiger partial charge in [0.25, 0.3) is 5.91 Å². The van der Waals surface area contributed by atoms with E-state index in [9.17, 15) is 22.8 Å². The first-order chi connectivity index (χ1) is 13.7. The van der Waals surface area contributed by atoms with Crippen LogP contribution in [0.2, 0.25) is 0 Å². The molecule has 1 N–H and O–H groups in total. The normalized spacial score (nSPS) is 25.9. The highest BCUT2D eigenvalue weighted by Gasteiger charge is 2.52. The van der Waals surface area contributed by atoms with E-state index in [1.54, 1.807) is 31.2 Å². The standard InChI is InChI=1S/C20H27N3O5S/c1-3-11-20(15-8-6-5-7-9-15)18(25)23(19(26)21-20)13-17(24)22(4-2)16-10-12-29(27,28)14-16/h5-9,16H,3-4,10-14H2,1-2H3,(H,21,26). The Hall–Kier alpha value is -2.42. The van der Waals surface area contributed by atoms with Gasteiger partial charge in [0, 0.05) is 12.6 Å². The third-order valence-electron chi connectivity index (χ3n) is 5.67. The quantitative estimate of drug-likeness (QED) is 0.668. The molecule has 0 bridgehead atoms. The summed E-state index contributed by atoms with van der Waals surface area (Å²) in [6, 6.07) is 8.02. The smallest absolute Gasteiger partial charge is 0.325 e. The molecule has 8 nitrogen and oxygen atoms in total. The summed E-state index contributed by atoms with van der Waals surface area (Å²) in [6.07, 6.45) is 1.47. The number of imide groups is 1. The molecule has 0 radical (unpaired) electrons. The minimum atomic E-state index is -3.15. The van der Waals surface area contributed by atoms with Crippen molar-refractivity contribution in [1.82, 2.24) is 15.1 Å². The fraction of sp³-hybridized carbons (Fsp3) is 0.550. The molecule has 0 spiro atoms.